The Morgan fingerprint density at radius 2 is 2.20 bits per heavy atom. The van der Waals surface area contributed by atoms with Crippen LogP contribution in [0.25, 0.3) is 11.0 Å². The lowest BCUT2D eigenvalue weighted by atomic mass is 10.1. The number of hydrogen-bond donors (Lipinski definition) is 1. The van der Waals surface area contributed by atoms with Crippen molar-refractivity contribution >= 4 is 38.5 Å². The molecule has 5 nitrogen and oxygen atoms in total. The van der Waals surface area contributed by atoms with E-state index in [1.807, 2.05) is 21.6 Å². The van der Waals surface area contributed by atoms with Gasteiger partial charge in [-0.15, -0.1) is 0 Å². The van der Waals surface area contributed by atoms with Crippen molar-refractivity contribution in [3.8, 4) is 5.75 Å². The molecule has 1 N–H and O–H groups in total. The van der Waals surface area contributed by atoms with E-state index >= 15 is 0 Å². The van der Waals surface area contributed by atoms with Gasteiger partial charge in [0.25, 0.3) is 0 Å². The lowest BCUT2D eigenvalue weighted by Gasteiger charge is -2.08. The summed E-state index contributed by atoms with van der Waals surface area (Å²) in [6.45, 7) is 0.0286. The van der Waals surface area contributed by atoms with Gasteiger partial charge < -0.3 is 14.3 Å². The largest absolute Gasteiger partial charge is 0.508 e. The summed E-state index contributed by atoms with van der Waals surface area (Å²) < 4.78 is 10.4. The van der Waals surface area contributed by atoms with Crippen molar-refractivity contribution in [2.75, 3.05) is 5.75 Å². The van der Waals surface area contributed by atoms with E-state index in [2.05, 4.69) is 0 Å². The zero-order chi connectivity index (χ0) is 17.6. The molecule has 3 rings (SSSR count). The van der Waals surface area contributed by atoms with Gasteiger partial charge in [-0.1, -0.05) is 28.0 Å². The Morgan fingerprint density at radius 1 is 1.32 bits per heavy atom. The molecule has 2 aromatic rings. The second-order valence-corrected chi connectivity index (χ2v) is 8.79. The number of hydrogen-bond acceptors (Lipinski definition) is 7. The van der Waals surface area contributed by atoms with E-state index < -0.39 is 5.63 Å². The van der Waals surface area contributed by atoms with Gasteiger partial charge in [-0.25, -0.2) is 4.79 Å². The molecule has 1 fully saturated rings. The highest BCUT2D eigenvalue weighted by Crippen LogP contribution is 2.39. The number of aromatic hydroxyl groups is 1. The van der Waals surface area contributed by atoms with Gasteiger partial charge in [-0.2, -0.15) is 0 Å². The lowest BCUT2D eigenvalue weighted by molar-refractivity contribution is -0.145. The lowest BCUT2D eigenvalue weighted by Crippen LogP contribution is -2.07. The van der Waals surface area contributed by atoms with Crippen LogP contribution in [0.1, 0.15) is 37.7 Å². The van der Waals surface area contributed by atoms with E-state index in [4.69, 9.17) is 9.15 Å². The zero-order valence-corrected chi connectivity index (χ0v) is 15.4. The van der Waals surface area contributed by atoms with Crippen molar-refractivity contribution in [2.24, 2.45) is 0 Å². The van der Waals surface area contributed by atoms with Gasteiger partial charge in [-0.05, 0) is 31.4 Å². The Morgan fingerprint density at radius 3 is 3.00 bits per heavy atom. The molecule has 0 amide bonds. The average molecular weight is 380 g/mol. The van der Waals surface area contributed by atoms with Crippen LogP contribution in [0.3, 0.4) is 0 Å². The van der Waals surface area contributed by atoms with Crippen molar-refractivity contribution < 1.29 is 19.1 Å². The van der Waals surface area contributed by atoms with E-state index in [1.165, 1.54) is 30.4 Å². The minimum Gasteiger partial charge on any atom is -0.508 e. The summed E-state index contributed by atoms with van der Waals surface area (Å²) in [5.74, 6) is 0.992. The maximum Gasteiger partial charge on any atom is 0.336 e. The van der Waals surface area contributed by atoms with Crippen LogP contribution in [-0.2, 0) is 16.1 Å². The number of phenols is 1. The van der Waals surface area contributed by atoms with Gasteiger partial charge in [0.2, 0.25) is 0 Å². The molecule has 1 unspecified atom stereocenters. The zero-order valence-electron chi connectivity index (χ0n) is 13.7. The van der Waals surface area contributed by atoms with Crippen LogP contribution in [-0.4, -0.2) is 22.1 Å². The molecule has 1 aromatic heterocycles. The van der Waals surface area contributed by atoms with Crippen LogP contribution in [0.2, 0.25) is 0 Å². The maximum atomic E-state index is 11.9. The molecule has 0 aliphatic carbocycles. The Kier molecular flexibility index (Phi) is 6.31. The first-order valence-corrected chi connectivity index (χ1v) is 10.7. The standard InChI is InChI=1S/C18H20O5S2/c19-13-5-6-15-12(9-18(21)23-16(15)10-13)11-22-17(20)4-2-1-3-14-7-8-24-25-14/h5-6,9-10,14,19H,1-4,7-8,11H2. The van der Waals surface area contributed by atoms with Gasteiger partial charge in [0.1, 0.15) is 17.9 Å². The summed E-state index contributed by atoms with van der Waals surface area (Å²) in [4.78, 5) is 23.5. The normalized spacial score (nSPS) is 17.0. The first-order chi connectivity index (χ1) is 12.1. The number of fused-ring (bicyclic) bond motifs is 1. The smallest absolute Gasteiger partial charge is 0.336 e. The summed E-state index contributed by atoms with van der Waals surface area (Å²) >= 11 is 0. The minimum absolute atomic E-state index is 0.0172. The van der Waals surface area contributed by atoms with E-state index in [1.54, 1.807) is 6.07 Å². The fourth-order valence-electron chi connectivity index (χ4n) is 2.77. The molecule has 1 aliphatic heterocycles. The number of carbonyl (C=O) groups is 1. The molecule has 0 saturated carbocycles. The van der Waals surface area contributed by atoms with Crippen LogP contribution in [0.5, 0.6) is 5.75 Å². The third-order valence-electron chi connectivity index (χ3n) is 4.09. The quantitative estimate of drug-likeness (QED) is 0.333. The fraction of sp³-hybridized carbons (Fsp3) is 0.444. The van der Waals surface area contributed by atoms with Crippen molar-refractivity contribution in [1.29, 1.82) is 0 Å². The van der Waals surface area contributed by atoms with Crippen molar-refractivity contribution in [2.45, 2.75) is 44.0 Å². The molecule has 1 atom stereocenters. The Hall–Kier alpha value is -1.60. The molecule has 1 aromatic carbocycles. The van der Waals surface area contributed by atoms with Crippen LogP contribution in [0.4, 0.5) is 0 Å². The highest BCUT2D eigenvalue weighted by atomic mass is 33.1. The van der Waals surface area contributed by atoms with Crippen molar-refractivity contribution in [1.82, 2.24) is 0 Å². The highest BCUT2D eigenvalue weighted by Gasteiger charge is 2.16. The maximum absolute atomic E-state index is 11.9. The average Bonchev–Trinajstić information content (AvgIpc) is 3.09. The molecule has 0 bridgehead atoms. The summed E-state index contributed by atoms with van der Waals surface area (Å²) in [6.07, 6.45) is 4.67. The molecule has 2 heterocycles. The fourth-order valence-corrected chi connectivity index (χ4v) is 5.80. The molecule has 1 aliphatic rings. The third kappa shape index (κ3) is 5.19. The summed E-state index contributed by atoms with van der Waals surface area (Å²) in [5.41, 5.74) is 0.334. The molecule has 0 radical (unpaired) electrons. The van der Waals surface area contributed by atoms with E-state index in [0.717, 1.165) is 24.5 Å². The molecule has 0 spiro atoms. The topological polar surface area (TPSA) is 76.7 Å². The molecular weight excluding hydrogens is 360 g/mol. The number of phenolic OH excluding ortho intramolecular Hbond substituents is 1. The van der Waals surface area contributed by atoms with Gasteiger partial charge in [0.15, 0.2) is 0 Å². The Balaban J connectivity index is 1.50. The van der Waals surface area contributed by atoms with E-state index in [9.17, 15) is 14.7 Å². The number of rotatable bonds is 7. The van der Waals surface area contributed by atoms with Gasteiger partial charge in [0, 0.05) is 40.5 Å². The first kappa shape index (κ1) is 18.2. The van der Waals surface area contributed by atoms with Gasteiger partial charge in [0.05, 0.1) is 0 Å². The van der Waals surface area contributed by atoms with Gasteiger partial charge in [-0.3, -0.25) is 4.79 Å². The van der Waals surface area contributed by atoms with Crippen molar-refractivity contribution in [3.05, 3.63) is 40.2 Å². The van der Waals surface area contributed by atoms with E-state index in [0.29, 0.717) is 17.4 Å². The van der Waals surface area contributed by atoms with Crippen molar-refractivity contribution in [3.63, 3.8) is 0 Å². The number of esters is 1. The second kappa shape index (κ2) is 8.67. The Bertz CT molecular complexity index is 796. The summed E-state index contributed by atoms with van der Waals surface area (Å²) in [6, 6.07) is 5.85. The molecule has 1 saturated heterocycles. The summed E-state index contributed by atoms with van der Waals surface area (Å²) in [5, 5.41) is 10.9. The number of unbranched alkanes of at least 4 members (excludes halogenated alkanes) is 1. The number of benzene rings is 1. The second-order valence-electron chi connectivity index (χ2n) is 6.01. The first-order valence-electron chi connectivity index (χ1n) is 8.31. The van der Waals surface area contributed by atoms with Crippen LogP contribution in [0, 0.1) is 0 Å². The van der Waals surface area contributed by atoms with Gasteiger partial charge >= 0.3 is 11.6 Å². The predicted octanol–water partition coefficient (Wildman–Crippen LogP) is 4.26. The summed E-state index contributed by atoms with van der Waals surface area (Å²) in [7, 11) is 3.89. The Labute approximate surface area is 153 Å². The number of ether oxygens (including phenoxy) is 1. The van der Waals surface area contributed by atoms with E-state index in [-0.39, 0.29) is 23.9 Å². The predicted molar refractivity (Wildman–Crippen MR) is 101 cm³/mol. The monoisotopic (exact) mass is 380 g/mol. The molecule has 25 heavy (non-hydrogen) atoms. The van der Waals surface area contributed by atoms with Crippen LogP contribution in [0.15, 0.2) is 33.5 Å². The SMILES string of the molecule is O=C(CCCCC1CCSS1)OCc1cc(=O)oc2cc(O)ccc12. The minimum atomic E-state index is -0.531. The third-order valence-corrected chi connectivity index (χ3v) is 7.09. The highest BCUT2D eigenvalue weighted by molar-refractivity contribution is 8.77. The molecule has 134 valence electrons. The molecular formula is C18H20O5S2. The molecule has 7 heteroatoms. The van der Waals surface area contributed by atoms with Crippen LogP contribution >= 0.6 is 21.6 Å². The number of carbonyl (C=O) groups excluding carboxylic acids is 1. The van der Waals surface area contributed by atoms with Crippen LogP contribution < -0.4 is 5.63 Å².